The Labute approximate surface area is 233 Å². The van der Waals surface area contributed by atoms with Crippen molar-refractivity contribution in [2.24, 2.45) is 0 Å². The van der Waals surface area contributed by atoms with Gasteiger partial charge in [0.1, 0.15) is 0 Å². The minimum absolute atomic E-state index is 0.0470. The minimum atomic E-state index is -0.394. The topological polar surface area (TPSA) is 137 Å². The maximum Gasteiger partial charge on any atom is 0.251 e. The molecule has 0 aliphatic heterocycles. The van der Waals surface area contributed by atoms with Gasteiger partial charge in [-0.3, -0.25) is 24.4 Å². The van der Waals surface area contributed by atoms with Gasteiger partial charge in [0.2, 0.25) is 17.7 Å². The van der Waals surface area contributed by atoms with Crippen LogP contribution in [-0.2, 0) is 14.4 Å². The smallest absolute Gasteiger partial charge is 0.251 e. The number of nitrogens with one attached hydrogen (secondary N) is 4. The fourth-order valence-corrected chi connectivity index (χ4v) is 4.95. The molecule has 1 aliphatic carbocycles. The van der Waals surface area contributed by atoms with E-state index in [4.69, 9.17) is 5.21 Å². The van der Waals surface area contributed by atoms with Crippen molar-refractivity contribution in [1.29, 1.82) is 0 Å². The van der Waals surface area contributed by atoms with Crippen molar-refractivity contribution in [3.8, 4) is 11.1 Å². The molecule has 4 amide bonds. The van der Waals surface area contributed by atoms with E-state index in [2.05, 4.69) is 40.2 Å². The van der Waals surface area contributed by atoms with Crippen molar-refractivity contribution in [2.45, 2.75) is 44.4 Å². The minimum Gasteiger partial charge on any atom is -0.352 e. The SMILES string of the molecule is O=C(CCCCCCNC(=O)c1ccc(NC(=O)CNC(=O)CC2c3ccccc3-c3ccccc32)cc1)NO. The van der Waals surface area contributed by atoms with E-state index in [0.29, 0.717) is 24.2 Å². The van der Waals surface area contributed by atoms with Crippen molar-refractivity contribution < 1.29 is 24.4 Å². The van der Waals surface area contributed by atoms with E-state index in [-0.39, 0.29) is 43.0 Å². The molecule has 208 valence electrons. The van der Waals surface area contributed by atoms with Gasteiger partial charge in [0.25, 0.3) is 5.91 Å². The van der Waals surface area contributed by atoms with Crippen molar-refractivity contribution >= 4 is 29.3 Å². The van der Waals surface area contributed by atoms with Crippen molar-refractivity contribution in [3.05, 3.63) is 89.5 Å². The summed E-state index contributed by atoms with van der Waals surface area (Å²) in [7, 11) is 0. The molecule has 3 aromatic rings. The van der Waals surface area contributed by atoms with E-state index in [1.54, 1.807) is 29.7 Å². The standard InChI is InChI=1S/C31H34N4O5/c36-28(35-40)13-3-1-2-8-18-32-31(39)21-14-16-22(17-15-21)34-30(38)20-33-29(37)19-27-25-11-6-4-9-23(25)24-10-5-7-12-26(24)27/h4-7,9-12,14-17,27,40H,1-3,8,13,18-20H2,(H,32,39)(H,33,37)(H,34,38)(H,35,36). The highest BCUT2D eigenvalue weighted by Crippen LogP contribution is 2.45. The van der Waals surface area contributed by atoms with Crippen LogP contribution < -0.4 is 21.4 Å². The van der Waals surface area contributed by atoms with Gasteiger partial charge in [0, 0.05) is 36.6 Å². The number of unbranched alkanes of at least 4 members (excludes halogenated alkanes) is 3. The van der Waals surface area contributed by atoms with Crippen LogP contribution in [0.25, 0.3) is 11.1 Å². The predicted octanol–water partition coefficient (Wildman–Crippen LogP) is 4.13. The monoisotopic (exact) mass is 542 g/mol. The molecule has 0 aromatic heterocycles. The summed E-state index contributed by atoms with van der Waals surface area (Å²) in [5, 5.41) is 16.8. The van der Waals surface area contributed by atoms with Crippen molar-refractivity contribution in [1.82, 2.24) is 16.1 Å². The molecule has 0 bridgehead atoms. The van der Waals surface area contributed by atoms with Crippen LogP contribution in [0.4, 0.5) is 5.69 Å². The van der Waals surface area contributed by atoms with Crippen LogP contribution in [0.2, 0.25) is 0 Å². The van der Waals surface area contributed by atoms with Crippen LogP contribution in [0, 0.1) is 0 Å². The second kappa shape index (κ2) is 14.0. The Kier molecular flexibility index (Phi) is 10.0. The van der Waals surface area contributed by atoms with E-state index in [1.165, 1.54) is 0 Å². The molecule has 0 saturated carbocycles. The molecule has 0 saturated heterocycles. The third-order valence-corrected chi connectivity index (χ3v) is 6.97. The summed E-state index contributed by atoms with van der Waals surface area (Å²) in [4.78, 5) is 48.5. The fourth-order valence-electron chi connectivity index (χ4n) is 4.95. The fraction of sp³-hybridized carbons (Fsp3) is 0.290. The van der Waals surface area contributed by atoms with E-state index in [1.807, 2.05) is 24.3 Å². The highest BCUT2D eigenvalue weighted by molar-refractivity contribution is 5.97. The van der Waals surface area contributed by atoms with Gasteiger partial charge in [-0.15, -0.1) is 0 Å². The first-order valence-electron chi connectivity index (χ1n) is 13.5. The summed E-state index contributed by atoms with van der Waals surface area (Å²) in [5.41, 5.74) is 7.15. The summed E-state index contributed by atoms with van der Waals surface area (Å²) in [6.45, 7) is 0.364. The lowest BCUT2D eigenvalue weighted by atomic mass is 9.93. The number of hydroxylamine groups is 1. The summed E-state index contributed by atoms with van der Waals surface area (Å²) in [6, 6.07) is 22.7. The Morgan fingerprint density at radius 2 is 1.30 bits per heavy atom. The van der Waals surface area contributed by atoms with E-state index >= 15 is 0 Å². The van der Waals surface area contributed by atoms with Crippen LogP contribution in [0.3, 0.4) is 0 Å². The molecule has 1 aliphatic rings. The van der Waals surface area contributed by atoms with Gasteiger partial charge in [-0.05, 0) is 59.4 Å². The van der Waals surface area contributed by atoms with Gasteiger partial charge < -0.3 is 16.0 Å². The number of rotatable bonds is 13. The van der Waals surface area contributed by atoms with E-state index < -0.39 is 5.91 Å². The van der Waals surface area contributed by atoms with Crippen LogP contribution >= 0.6 is 0 Å². The number of hydrogen-bond donors (Lipinski definition) is 5. The molecule has 9 heteroatoms. The second-order valence-corrected chi connectivity index (χ2v) is 9.79. The first-order chi connectivity index (χ1) is 19.5. The molecule has 0 atom stereocenters. The molecule has 0 fully saturated rings. The van der Waals surface area contributed by atoms with Gasteiger partial charge >= 0.3 is 0 Å². The van der Waals surface area contributed by atoms with E-state index in [9.17, 15) is 19.2 Å². The van der Waals surface area contributed by atoms with Crippen LogP contribution in [0.15, 0.2) is 72.8 Å². The average molecular weight is 543 g/mol. The number of carbonyl (C=O) groups is 4. The van der Waals surface area contributed by atoms with Crippen molar-refractivity contribution in [3.63, 3.8) is 0 Å². The summed E-state index contributed by atoms with van der Waals surface area (Å²) >= 11 is 0. The zero-order valence-electron chi connectivity index (χ0n) is 22.2. The van der Waals surface area contributed by atoms with E-state index in [0.717, 1.165) is 41.5 Å². The van der Waals surface area contributed by atoms with Gasteiger partial charge in [0.05, 0.1) is 6.54 Å². The first-order valence-corrected chi connectivity index (χ1v) is 13.5. The summed E-state index contributed by atoms with van der Waals surface area (Å²) in [6.07, 6.45) is 3.70. The lowest BCUT2D eigenvalue weighted by molar-refractivity contribution is -0.129. The zero-order chi connectivity index (χ0) is 28.3. The highest BCUT2D eigenvalue weighted by atomic mass is 16.5. The maximum absolute atomic E-state index is 12.7. The molecule has 0 unspecified atom stereocenters. The predicted molar refractivity (Wildman–Crippen MR) is 152 cm³/mol. The van der Waals surface area contributed by atoms with Crippen LogP contribution in [0.5, 0.6) is 0 Å². The Hall–Kier alpha value is -4.50. The third-order valence-electron chi connectivity index (χ3n) is 6.97. The Bertz CT molecular complexity index is 1310. The second-order valence-electron chi connectivity index (χ2n) is 9.79. The van der Waals surface area contributed by atoms with Crippen LogP contribution in [0.1, 0.15) is 65.9 Å². The maximum atomic E-state index is 12.7. The number of anilines is 1. The van der Waals surface area contributed by atoms with Gasteiger partial charge in [-0.1, -0.05) is 61.4 Å². The number of amides is 4. The number of carbonyl (C=O) groups excluding carboxylic acids is 4. The number of benzene rings is 3. The number of hydrogen-bond acceptors (Lipinski definition) is 5. The van der Waals surface area contributed by atoms with Crippen molar-refractivity contribution in [2.75, 3.05) is 18.4 Å². The molecule has 0 heterocycles. The Morgan fingerprint density at radius 3 is 1.95 bits per heavy atom. The molecule has 9 nitrogen and oxygen atoms in total. The molecular formula is C31H34N4O5. The Balaban J connectivity index is 1.17. The molecule has 0 radical (unpaired) electrons. The largest absolute Gasteiger partial charge is 0.352 e. The molecule has 5 N–H and O–H groups in total. The molecule has 0 spiro atoms. The van der Waals surface area contributed by atoms with Gasteiger partial charge in [0.15, 0.2) is 0 Å². The van der Waals surface area contributed by atoms with Gasteiger partial charge in [-0.2, -0.15) is 0 Å². The summed E-state index contributed by atoms with van der Waals surface area (Å²) in [5.74, 6) is -1.20. The van der Waals surface area contributed by atoms with Crippen LogP contribution in [-0.4, -0.2) is 41.9 Å². The average Bonchev–Trinajstić information content (AvgIpc) is 3.29. The highest BCUT2D eigenvalue weighted by Gasteiger charge is 2.29. The molecular weight excluding hydrogens is 508 g/mol. The van der Waals surface area contributed by atoms with Gasteiger partial charge in [-0.25, -0.2) is 5.48 Å². The normalized spacial score (nSPS) is 11.7. The lowest BCUT2D eigenvalue weighted by Gasteiger charge is -2.14. The third kappa shape index (κ3) is 7.54. The quantitative estimate of drug-likeness (QED) is 0.126. The first kappa shape index (κ1) is 28.5. The zero-order valence-corrected chi connectivity index (χ0v) is 22.2. The Morgan fingerprint density at radius 1 is 0.675 bits per heavy atom. The molecule has 4 rings (SSSR count). The molecule has 3 aromatic carbocycles. The molecule has 40 heavy (non-hydrogen) atoms. The summed E-state index contributed by atoms with van der Waals surface area (Å²) < 4.78 is 0. The lowest BCUT2D eigenvalue weighted by Crippen LogP contribution is -2.33. The number of fused-ring (bicyclic) bond motifs is 3.